The van der Waals surface area contributed by atoms with Gasteiger partial charge in [-0.05, 0) is 36.5 Å². The lowest BCUT2D eigenvalue weighted by atomic mass is 9.99. The molecule has 2 aromatic carbocycles. The lowest BCUT2D eigenvalue weighted by Gasteiger charge is -2.37. The topological polar surface area (TPSA) is 29.3 Å². The number of nitrogens with two attached hydrogens (primary N) is 1. The SMILES string of the molecule is NCC(C/C=C\c1ccccc1)N1CCCc2ccccc21. The molecule has 1 unspecified atom stereocenters. The van der Waals surface area contributed by atoms with E-state index in [0.717, 1.165) is 13.0 Å². The number of rotatable bonds is 5. The van der Waals surface area contributed by atoms with Gasteiger partial charge in [0.15, 0.2) is 0 Å². The monoisotopic (exact) mass is 292 g/mol. The van der Waals surface area contributed by atoms with Gasteiger partial charge in [0.2, 0.25) is 0 Å². The zero-order valence-corrected chi connectivity index (χ0v) is 13.0. The second kappa shape index (κ2) is 7.28. The van der Waals surface area contributed by atoms with Gasteiger partial charge in [-0.3, -0.25) is 0 Å². The van der Waals surface area contributed by atoms with Crippen molar-refractivity contribution in [3.8, 4) is 0 Å². The molecule has 0 fully saturated rings. The van der Waals surface area contributed by atoms with Crippen LogP contribution in [0.1, 0.15) is 24.0 Å². The zero-order chi connectivity index (χ0) is 15.2. The predicted molar refractivity (Wildman–Crippen MR) is 95.0 cm³/mol. The maximum atomic E-state index is 6.06. The van der Waals surface area contributed by atoms with E-state index in [9.17, 15) is 0 Å². The van der Waals surface area contributed by atoms with E-state index in [0.29, 0.717) is 12.6 Å². The molecule has 0 spiro atoms. The maximum Gasteiger partial charge on any atom is 0.0446 e. The first-order valence-corrected chi connectivity index (χ1v) is 8.14. The molecule has 1 aliphatic rings. The van der Waals surface area contributed by atoms with Gasteiger partial charge in [0.25, 0.3) is 0 Å². The molecule has 0 saturated heterocycles. The second-order valence-electron chi connectivity index (χ2n) is 5.86. The Morgan fingerprint density at radius 3 is 2.64 bits per heavy atom. The van der Waals surface area contributed by atoms with Crippen molar-refractivity contribution in [1.29, 1.82) is 0 Å². The van der Waals surface area contributed by atoms with Crippen LogP contribution in [0, 0.1) is 0 Å². The average Bonchev–Trinajstić information content (AvgIpc) is 2.59. The van der Waals surface area contributed by atoms with Crippen LogP contribution in [-0.4, -0.2) is 19.1 Å². The predicted octanol–water partition coefficient (Wildman–Crippen LogP) is 3.87. The Labute approximate surface area is 133 Å². The Morgan fingerprint density at radius 1 is 1.05 bits per heavy atom. The summed E-state index contributed by atoms with van der Waals surface area (Å²) in [7, 11) is 0. The van der Waals surface area contributed by atoms with Crippen LogP contribution in [0.3, 0.4) is 0 Å². The Kier molecular flexibility index (Phi) is 4.92. The number of aryl methyl sites for hydroxylation is 1. The minimum absolute atomic E-state index is 0.376. The molecule has 1 atom stereocenters. The maximum absolute atomic E-state index is 6.06. The molecule has 2 heteroatoms. The van der Waals surface area contributed by atoms with Crippen LogP contribution in [0.15, 0.2) is 60.7 Å². The van der Waals surface area contributed by atoms with Gasteiger partial charge in [-0.25, -0.2) is 0 Å². The van der Waals surface area contributed by atoms with Crippen molar-refractivity contribution < 1.29 is 0 Å². The van der Waals surface area contributed by atoms with E-state index in [4.69, 9.17) is 5.73 Å². The summed E-state index contributed by atoms with van der Waals surface area (Å²) in [5, 5.41) is 0. The summed E-state index contributed by atoms with van der Waals surface area (Å²) in [6.07, 6.45) is 7.84. The van der Waals surface area contributed by atoms with Crippen LogP contribution in [0.5, 0.6) is 0 Å². The van der Waals surface area contributed by atoms with Gasteiger partial charge >= 0.3 is 0 Å². The highest BCUT2D eigenvalue weighted by Crippen LogP contribution is 2.29. The minimum atomic E-state index is 0.376. The van der Waals surface area contributed by atoms with Crippen LogP contribution in [0.25, 0.3) is 6.08 Å². The summed E-state index contributed by atoms with van der Waals surface area (Å²) >= 11 is 0. The smallest absolute Gasteiger partial charge is 0.0446 e. The minimum Gasteiger partial charge on any atom is -0.367 e. The molecule has 3 rings (SSSR count). The van der Waals surface area contributed by atoms with Crippen LogP contribution >= 0.6 is 0 Å². The first kappa shape index (κ1) is 14.9. The summed E-state index contributed by atoms with van der Waals surface area (Å²) in [6.45, 7) is 1.80. The third kappa shape index (κ3) is 3.40. The van der Waals surface area contributed by atoms with Gasteiger partial charge in [-0.2, -0.15) is 0 Å². The lowest BCUT2D eigenvalue weighted by Crippen LogP contribution is -2.43. The summed E-state index contributed by atoms with van der Waals surface area (Å²) in [4.78, 5) is 2.49. The van der Waals surface area contributed by atoms with Gasteiger partial charge < -0.3 is 10.6 Å². The Morgan fingerprint density at radius 2 is 1.82 bits per heavy atom. The van der Waals surface area contributed by atoms with Gasteiger partial charge in [0.05, 0.1) is 0 Å². The first-order valence-electron chi connectivity index (χ1n) is 8.14. The number of anilines is 1. The third-order valence-electron chi connectivity index (χ3n) is 4.38. The lowest BCUT2D eigenvalue weighted by molar-refractivity contribution is 0.570. The summed E-state index contributed by atoms with van der Waals surface area (Å²) in [5.74, 6) is 0. The molecule has 0 bridgehead atoms. The molecule has 114 valence electrons. The average molecular weight is 292 g/mol. The Bertz CT molecular complexity index is 619. The number of hydrogen-bond donors (Lipinski definition) is 1. The molecule has 0 amide bonds. The van der Waals surface area contributed by atoms with Crippen molar-refractivity contribution in [1.82, 2.24) is 0 Å². The first-order chi connectivity index (χ1) is 10.9. The molecule has 0 radical (unpaired) electrons. The van der Waals surface area contributed by atoms with Crippen molar-refractivity contribution in [2.75, 3.05) is 18.0 Å². The van der Waals surface area contributed by atoms with E-state index in [2.05, 4.69) is 65.6 Å². The number of nitrogens with zero attached hydrogens (tertiary/aromatic N) is 1. The highest BCUT2D eigenvalue weighted by molar-refractivity contribution is 5.56. The third-order valence-corrected chi connectivity index (χ3v) is 4.38. The molecule has 0 saturated carbocycles. The van der Waals surface area contributed by atoms with E-state index < -0.39 is 0 Å². The van der Waals surface area contributed by atoms with E-state index in [1.54, 1.807) is 0 Å². The highest BCUT2D eigenvalue weighted by atomic mass is 15.2. The fraction of sp³-hybridized carbons (Fsp3) is 0.300. The second-order valence-corrected chi connectivity index (χ2v) is 5.86. The van der Waals surface area contributed by atoms with E-state index in [1.165, 1.54) is 29.7 Å². The molecular weight excluding hydrogens is 268 g/mol. The van der Waals surface area contributed by atoms with Crippen LogP contribution in [0.4, 0.5) is 5.69 Å². The van der Waals surface area contributed by atoms with Crippen molar-refractivity contribution >= 4 is 11.8 Å². The molecule has 0 aliphatic carbocycles. The summed E-state index contributed by atoms with van der Waals surface area (Å²) in [6, 6.07) is 19.6. The fourth-order valence-corrected chi connectivity index (χ4v) is 3.22. The molecule has 2 N–H and O–H groups in total. The number of fused-ring (bicyclic) bond motifs is 1. The number of benzene rings is 2. The normalized spacial score (nSPS) is 15.8. The van der Waals surface area contributed by atoms with E-state index in [-0.39, 0.29) is 0 Å². The van der Waals surface area contributed by atoms with Gasteiger partial charge in [-0.15, -0.1) is 0 Å². The van der Waals surface area contributed by atoms with Crippen LogP contribution in [0.2, 0.25) is 0 Å². The summed E-state index contributed by atoms with van der Waals surface area (Å²) in [5.41, 5.74) is 10.1. The highest BCUT2D eigenvalue weighted by Gasteiger charge is 2.22. The molecule has 2 aromatic rings. The molecular formula is C20H24N2. The van der Waals surface area contributed by atoms with Gasteiger partial charge in [0.1, 0.15) is 0 Å². The van der Waals surface area contributed by atoms with Crippen molar-refractivity contribution in [3.63, 3.8) is 0 Å². The van der Waals surface area contributed by atoms with Gasteiger partial charge in [-0.1, -0.05) is 60.7 Å². The largest absolute Gasteiger partial charge is 0.367 e. The molecule has 22 heavy (non-hydrogen) atoms. The number of hydrogen-bond acceptors (Lipinski definition) is 2. The van der Waals surface area contributed by atoms with Gasteiger partial charge in [0, 0.05) is 24.8 Å². The molecule has 0 aromatic heterocycles. The van der Waals surface area contributed by atoms with Crippen molar-refractivity contribution in [3.05, 3.63) is 71.8 Å². The van der Waals surface area contributed by atoms with Crippen molar-refractivity contribution in [2.24, 2.45) is 5.73 Å². The van der Waals surface area contributed by atoms with Crippen LogP contribution < -0.4 is 10.6 Å². The zero-order valence-electron chi connectivity index (χ0n) is 13.0. The molecule has 2 nitrogen and oxygen atoms in total. The van der Waals surface area contributed by atoms with E-state index >= 15 is 0 Å². The molecule has 1 heterocycles. The fourth-order valence-electron chi connectivity index (χ4n) is 3.22. The molecule has 1 aliphatic heterocycles. The Hall–Kier alpha value is -2.06. The summed E-state index contributed by atoms with van der Waals surface area (Å²) < 4.78 is 0. The van der Waals surface area contributed by atoms with E-state index in [1.807, 2.05) is 6.07 Å². The van der Waals surface area contributed by atoms with Crippen LogP contribution in [-0.2, 0) is 6.42 Å². The standard InChI is InChI=1S/C20H24N2/c21-16-19(13-6-10-17-8-2-1-3-9-17)22-15-7-12-18-11-4-5-14-20(18)22/h1-6,8-11,14,19H,7,12-13,15-16,21H2/b10-6-. The van der Waals surface area contributed by atoms with Crippen molar-refractivity contribution in [2.45, 2.75) is 25.3 Å². The quantitative estimate of drug-likeness (QED) is 0.906. The number of para-hydroxylation sites is 1. The Balaban J connectivity index is 1.71.